The number of thiazole rings is 1. The Labute approximate surface area is 198 Å². The first kappa shape index (κ1) is 25.0. The molecule has 3 rings (SSSR count). The number of hydrogen-bond acceptors (Lipinski definition) is 8. The lowest BCUT2D eigenvalue weighted by Gasteiger charge is -2.29. The molecule has 1 aromatic heterocycles. The van der Waals surface area contributed by atoms with Crippen LogP contribution in [0.3, 0.4) is 0 Å². The van der Waals surface area contributed by atoms with Crippen molar-refractivity contribution in [3.05, 3.63) is 34.8 Å². The van der Waals surface area contributed by atoms with Gasteiger partial charge in [0.25, 0.3) is 0 Å². The van der Waals surface area contributed by atoms with Crippen LogP contribution in [0.5, 0.6) is 5.75 Å². The van der Waals surface area contributed by atoms with Gasteiger partial charge in [-0.1, -0.05) is 11.3 Å². The maximum absolute atomic E-state index is 12.3. The Bertz CT molecular complexity index is 1100. The molecule has 33 heavy (non-hydrogen) atoms. The first-order valence-electron chi connectivity index (χ1n) is 10.6. The van der Waals surface area contributed by atoms with Crippen LogP contribution in [0, 0.1) is 0 Å². The molecule has 0 bridgehead atoms. The highest BCUT2D eigenvalue weighted by molar-refractivity contribution is 7.90. The fourth-order valence-electron chi connectivity index (χ4n) is 3.12. The van der Waals surface area contributed by atoms with E-state index in [9.17, 15) is 18.0 Å². The van der Waals surface area contributed by atoms with Gasteiger partial charge in [-0.25, -0.2) is 18.2 Å². The molecular weight excluding hydrogens is 466 g/mol. The molecule has 1 aromatic carbocycles. The number of nitrogens with one attached hydrogen (secondary N) is 1. The van der Waals surface area contributed by atoms with Crippen molar-refractivity contribution < 1.29 is 27.5 Å². The van der Waals surface area contributed by atoms with Gasteiger partial charge in [-0.3, -0.25) is 4.79 Å². The molecule has 0 fully saturated rings. The molecule has 0 spiro atoms. The van der Waals surface area contributed by atoms with Crippen molar-refractivity contribution in [3.8, 4) is 5.75 Å². The van der Waals surface area contributed by atoms with Crippen molar-refractivity contribution in [2.24, 2.45) is 0 Å². The Balaban J connectivity index is 1.43. The zero-order valence-corrected chi connectivity index (χ0v) is 20.8. The number of hydrogen-bond donors (Lipinski definition) is 1. The van der Waals surface area contributed by atoms with Crippen LogP contribution >= 0.6 is 11.3 Å². The molecule has 0 saturated heterocycles. The minimum Gasteiger partial charge on any atom is -0.494 e. The maximum Gasteiger partial charge on any atom is 0.410 e. The van der Waals surface area contributed by atoms with E-state index in [1.807, 2.05) is 20.8 Å². The van der Waals surface area contributed by atoms with E-state index in [2.05, 4.69) is 10.3 Å². The molecule has 0 radical (unpaired) electrons. The molecule has 2 aromatic rings. The molecule has 2 amide bonds. The summed E-state index contributed by atoms with van der Waals surface area (Å²) in [7, 11) is -3.24. The van der Waals surface area contributed by atoms with Gasteiger partial charge in [0.2, 0.25) is 5.91 Å². The summed E-state index contributed by atoms with van der Waals surface area (Å²) in [6.45, 7) is 6.77. The summed E-state index contributed by atoms with van der Waals surface area (Å²) in [6.07, 6.45) is 2.18. The summed E-state index contributed by atoms with van der Waals surface area (Å²) in [5.41, 5.74) is 0.351. The molecule has 2 heterocycles. The zero-order chi connectivity index (χ0) is 24.2. The van der Waals surface area contributed by atoms with Crippen molar-refractivity contribution in [2.45, 2.75) is 57.1 Å². The van der Waals surface area contributed by atoms with Crippen LogP contribution in [0.25, 0.3) is 0 Å². The van der Waals surface area contributed by atoms with Gasteiger partial charge in [0.05, 0.1) is 23.7 Å². The van der Waals surface area contributed by atoms with Crippen LogP contribution in [0.15, 0.2) is 29.2 Å². The third-order valence-corrected chi connectivity index (χ3v) is 6.82. The number of amides is 2. The standard InChI is InChI=1S/C22H29N3O6S2/c1-22(2,3)31-21(27)25-12-11-17-18(14-25)32-20(23-17)24-19(26)6-5-13-30-15-7-9-16(10-8-15)33(4,28)29/h7-10H,5-6,11-14H2,1-4H3,(H,23,24,26). The number of ether oxygens (including phenoxy) is 2. The van der Waals surface area contributed by atoms with Gasteiger partial charge in [-0.2, -0.15) is 0 Å². The van der Waals surface area contributed by atoms with Crippen LogP contribution < -0.4 is 10.1 Å². The highest BCUT2D eigenvalue weighted by Gasteiger charge is 2.28. The van der Waals surface area contributed by atoms with Crippen molar-refractivity contribution >= 4 is 38.3 Å². The molecule has 0 atom stereocenters. The highest BCUT2D eigenvalue weighted by Crippen LogP contribution is 2.29. The van der Waals surface area contributed by atoms with E-state index in [0.29, 0.717) is 43.4 Å². The van der Waals surface area contributed by atoms with Crippen molar-refractivity contribution in [1.29, 1.82) is 0 Å². The van der Waals surface area contributed by atoms with Gasteiger partial charge in [-0.05, 0) is 51.5 Å². The van der Waals surface area contributed by atoms with Crippen LogP contribution in [-0.4, -0.2) is 55.3 Å². The first-order valence-corrected chi connectivity index (χ1v) is 13.3. The number of carbonyl (C=O) groups excluding carboxylic acids is 2. The Morgan fingerprint density at radius 3 is 2.55 bits per heavy atom. The average Bonchev–Trinajstić information content (AvgIpc) is 3.11. The van der Waals surface area contributed by atoms with Crippen molar-refractivity contribution in [1.82, 2.24) is 9.88 Å². The number of rotatable bonds is 7. The molecule has 1 aliphatic heterocycles. The SMILES string of the molecule is CC(C)(C)OC(=O)N1CCc2nc(NC(=O)CCCOc3ccc(S(C)(=O)=O)cc3)sc2C1. The number of fused-ring (bicyclic) bond motifs is 1. The number of sulfone groups is 1. The number of aromatic nitrogens is 1. The lowest BCUT2D eigenvalue weighted by Crippen LogP contribution is -2.39. The van der Waals surface area contributed by atoms with Crippen LogP contribution in [0.4, 0.5) is 9.93 Å². The third-order valence-electron chi connectivity index (χ3n) is 4.70. The average molecular weight is 496 g/mol. The van der Waals surface area contributed by atoms with Gasteiger partial charge in [0.1, 0.15) is 11.4 Å². The number of nitrogens with zero attached hydrogens (tertiary/aromatic N) is 2. The topological polar surface area (TPSA) is 115 Å². The number of anilines is 1. The second kappa shape index (κ2) is 10.1. The van der Waals surface area contributed by atoms with E-state index < -0.39 is 15.4 Å². The van der Waals surface area contributed by atoms with E-state index in [-0.39, 0.29) is 23.3 Å². The normalized spacial score (nSPS) is 13.9. The van der Waals surface area contributed by atoms with Gasteiger partial charge < -0.3 is 19.7 Å². The number of benzene rings is 1. The Kier molecular flexibility index (Phi) is 7.63. The van der Waals surface area contributed by atoms with Crippen LogP contribution in [0.1, 0.15) is 44.2 Å². The fourth-order valence-corrected chi connectivity index (χ4v) is 4.79. The van der Waals surface area contributed by atoms with E-state index in [0.717, 1.165) is 16.8 Å². The molecule has 180 valence electrons. The van der Waals surface area contributed by atoms with Gasteiger partial charge in [0.15, 0.2) is 15.0 Å². The first-order chi connectivity index (χ1) is 15.4. The minimum absolute atomic E-state index is 0.166. The van der Waals surface area contributed by atoms with E-state index >= 15 is 0 Å². The van der Waals surface area contributed by atoms with Crippen molar-refractivity contribution in [2.75, 3.05) is 24.7 Å². The fraction of sp³-hybridized carbons (Fsp3) is 0.500. The minimum atomic E-state index is -3.24. The van der Waals surface area contributed by atoms with Crippen LogP contribution in [0.2, 0.25) is 0 Å². The smallest absolute Gasteiger partial charge is 0.410 e. The quantitative estimate of drug-likeness (QED) is 0.583. The molecule has 1 N–H and O–H groups in total. The summed E-state index contributed by atoms with van der Waals surface area (Å²) in [6, 6.07) is 6.17. The summed E-state index contributed by atoms with van der Waals surface area (Å²) in [5, 5.41) is 3.34. The lowest BCUT2D eigenvalue weighted by molar-refractivity contribution is -0.116. The lowest BCUT2D eigenvalue weighted by atomic mass is 10.2. The van der Waals surface area contributed by atoms with Crippen LogP contribution in [-0.2, 0) is 32.3 Å². The highest BCUT2D eigenvalue weighted by atomic mass is 32.2. The van der Waals surface area contributed by atoms with Gasteiger partial charge >= 0.3 is 6.09 Å². The molecule has 0 aliphatic carbocycles. The second-order valence-electron chi connectivity index (χ2n) is 8.78. The monoisotopic (exact) mass is 495 g/mol. The summed E-state index contributed by atoms with van der Waals surface area (Å²) in [4.78, 5) is 31.9. The largest absolute Gasteiger partial charge is 0.494 e. The third kappa shape index (κ3) is 7.43. The predicted molar refractivity (Wildman–Crippen MR) is 125 cm³/mol. The predicted octanol–water partition coefficient (Wildman–Crippen LogP) is 3.64. The summed E-state index contributed by atoms with van der Waals surface area (Å²) in [5.74, 6) is 0.381. The molecule has 1 aliphatic rings. The van der Waals surface area contributed by atoms with E-state index in [4.69, 9.17) is 9.47 Å². The number of carbonyl (C=O) groups is 2. The Hall–Kier alpha value is -2.66. The summed E-state index contributed by atoms with van der Waals surface area (Å²) >= 11 is 1.37. The zero-order valence-electron chi connectivity index (χ0n) is 19.2. The molecule has 9 nitrogen and oxygen atoms in total. The van der Waals surface area contributed by atoms with E-state index in [1.165, 1.54) is 23.5 Å². The second-order valence-corrected chi connectivity index (χ2v) is 11.9. The van der Waals surface area contributed by atoms with E-state index in [1.54, 1.807) is 17.0 Å². The van der Waals surface area contributed by atoms with Gasteiger partial charge in [-0.15, -0.1) is 0 Å². The van der Waals surface area contributed by atoms with Crippen molar-refractivity contribution in [3.63, 3.8) is 0 Å². The Morgan fingerprint density at radius 2 is 1.91 bits per heavy atom. The Morgan fingerprint density at radius 1 is 1.21 bits per heavy atom. The molecular formula is C22H29N3O6S2. The molecule has 11 heteroatoms. The summed E-state index contributed by atoms with van der Waals surface area (Å²) < 4.78 is 34.0. The molecule has 0 unspecified atom stereocenters. The molecule has 0 saturated carbocycles. The van der Waals surface area contributed by atoms with Gasteiger partial charge in [0, 0.05) is 30.5 Å². The maximum atomic E-state index is 12.3.